The third-order valence-electron chi connectivity index (χ3n) is 2.67. The lowest BCUT2D eigenvalue weighted by atomic mass is 10.5. The fraction of sp³-hybridized carbons (Fsp3) is 0.750. The fourth-order valence-corrected chi connectivity index (χ4v) is 4.31. The number of nitrogens with zero attached hydrogens (tertiary/aromatic N) is 2. The molecule has 0 bridgehead atoms. The maximum Gasteiger partial charge on any atom is 0.185 e. The van der Waals surface area contributed by atoms with Crippen molar-refractivity contribution in [2.75, 3.05) is 57.2 Å². The van der Waals surface area contributed by atoms with E-state index in [0.717, 1.165) is 18.1 Å². The first-order valence-electron chi connectivity index (χ1n) is 6.82. The van der Waals surface area contributed by atoms with Crippen molar-refractivity contribution in [1.82, 2.24) is 9.27 Å². The molecule has 0 saturated carbocycles. The van der Waals surface area contributed by atoms with Gasteiger partial charge in [0.25, 0.3) is 0 Å². The number of ether oxygens (including phenoxy) is 1. The Bertz CT molecular complexity index is 529. The predicted octanol–water partition coefficient (Wildman–Crippen LogP) is 0.899. The van der Waals surface area contributed by atoms with Crippen LogP contribution >= 0.6 is 11.5 Å². The zero-order valence-corrected chi connectivity index (χ0v) is 14.4. The lowest BCUT2D eigenvalue weighted by Crippen LogP contribution is -2.20. The number of hydrogen-bond acceptors (Lipinski definition) is 8. The Morgan fingerprint density at radius 2 is 2.10 bits per heavy atom. The van der Waals surface area contributed by atoms with E-state index >= 15 is 0 Å². The summed E-state index contributed by atoms with van der Waals surface area (Å²) in [4.78, 5) is 2.16. The minimum absolute atomic E-state index is 0.0730. The number of anilines is 2. The van der Waals surface area contributed by atoms with Crippen LogP contribution in [0.4, 0.5) is 10.8 Å². The van der Waals surface area contributed by atoms with Crippen molar-refractivity contribution in [2.45, 2.75) is 18.2 Å². The van der Waals surface area contributed by atoms with Crippen molar-refractivity contribution >= 4 is 32.2 Å². The van der Waals surface area contributed by atoms with Crippen molar-refractivity contribution in [3.05, 3.63) is 0 Å². The smallest absolute Gasteiger partial charge is 0.185 e. The van der Waals surface area contributed by atoms with Gasteiger partial charge in [-0.25, -0.2) is 8.42 Å². The third-order valence-corrected chi connectivity index (χ3v) is 5.60. The molecule has 1 aromatic heterocycles. The molecule has 0 spiro atoms. The Labute approximate surface area is 130 Å². The number of hydrogen-bond donors (Lipinski definition) is 2. The monoisotopic (exact) mass is 336 g/mol. The normalized spacial score (nSPS) is 12.0. The van der Waals surface area contributed by atoms with Crippen LogP contribution in [0.15, 0.2) is 4.90 Å². The van der Waals surface area contributed by atoms with Gasteiger partial charge in [0.2, 0.25) is 0 Å². The first kappa shape index (κ1) is 18.1. The summed E-state index contributed by atoms with van der Waals surface area (Å²) in [5.41, 5.74) is 5.69. The van der Waals surface area contributed by atoms with Crippen LogP contribution in [0.2, 0.25) is 0 Å². The second-order valence-electron chi connectivity index (χ2n) is 4.89. The Kier molecular flexibility index (Phi) is 7.36. The summed E-state index contributed by atoms with van der Waals surface area (Å²) in [6.07, 6.45) is 0.546. The van der Waals surface area contributed by atoms with E-state index in [-0.39, 0.29) is 16.5 Å². The molecular weight excluding hydrogens is 312 g/mol. The number of nitrogen functional groups attached to an aromatic ring is 1. The molecular formula is C12H24N4O3S2. The van der Waals surface area contributed by atoms with E-state index in [4.69, 9.17) is 10.5 Å². The summed E-state index contributed by atoms with van der Waals surface area (Å²) in [6, 6.07) is 0. The predicted molar refractivity (Wildman–Crippen MR) is 86.7 cm³/mol. The van der Waals surface area contributed by atoms with E-state index in [9.17, 15) is 8.42 Å². The first-order chi connectivity index (χ1) is 9.88. The lowest BCUT2D eigenvalue weighted by molar-refractivity contribution is 0.126. The Morgan fingerprint density at radius 3 is 2.71 bits per heavy atom. The molecule has 1 rings (SSSR count). The van der Waals surface area contributed by atoms with E-state index in [1.54, 1.807) is 0 Å². The first-order valence-corrected chi connectivity index (χ1v) is 9.25. The fourth-order valence-electron chi connectivity index (χ4n) is 1.66. The van der Waals surface area contributed by atoms with Gasteiger partial charge in [0.15, 0.2) is 15.7 Å². The van der Waals surface area contributed by atoms with Gasteiger partial charge in [0.05, 0.1) is 19.0 Å². The zero-order valence-electron chi connectivity index (χ0n) is 12.8. The maximum atomic E-state index is 12.2. The van der Waals surface area contributed by atoms with Crippen LogP contribution in [0.3, 0.4) is 0 Å². The second-order valence-corrected chi connectivity index (χ2v) is 7.71. The standard InChI is InChI=1S/C12H24N4O3S2/c1-4-9-21(17,18)10-11(13)15-20-12(10)14-5-7-19-8-6-16(2)3/h14H,4-9H2,1-3H3,(H2,13,15). The molecule has 0 fully saturated rings. The molecule has 21 heavy (non-hydrogen) atoms. The van der Waals surface area contributed by atoms with Gasteiger partial charge in [-0.1, -0.05) is 6.92 Å². The second kappa shape index (κ2) is 8.52. The van der Waals surface area contributed by atoms with E-state index in [1.165, 1.54) is 0 Å². The summed E-state index contributed by atoms with van der Waals surface area (Å²) in [5.74, 6) is 0.147. The summed E-state index contributed by atoms with van der Waals surface area (Å²) < 4.78 is 33.7. The highest BCUT2D eigenvalue weighted by atomic mass is 32.2. The van der Waals surface area contributed by atoms with Gasteiger partial charge in [0.1, 0.15) is 9.90 Å². The van der Waals surface area contributed by atoms with Crippen LogP contribution in [0.25, 0.3) is 0 Å². The van der Waals surface area contributed by atoms with Crippen LogP contribution in [-0.4, -0.2) is 63.8 Å². The summed E-state index contributed by atoms with van der Waals surface area (Å²) in [5, 5.41) is 3.54. The van der Waals surface area contributed by atoms with Crippen molar-refractivity contribution < 1.29 is 13.2 Å². The molecule has 7 nitrogen and oxygen atoms in total. The zero-order chi connectivity index (χ0) is 15.9. The van der Waals surface area contributed by atoms with E-state index in [1.807, 2.05) is 25.9 Å². The molecule has 0 aliphatic heterocycles. The number of aromatic nitrogens is 1. The minimum Gasteiger partial charge on any atom is -0.382 e. The van der Waals surface area contributed by atoms with E-state index in [0.29, 0.717) is 31.2 Å². The lowest BCUT2D eigenvalue weighted by Gasteiger charge is -2.11. The molecule has 0 unspecified atom stereocenters. The maximum absolute atomic E-state index is 12.2. The van der Waals surface area contributed by atoms with E-state index in [2.05, 4.69) is 9.69 Å². The molecule has 1 heterocycles. The quantitative estimate of drug-likeness (QED) is 0.613. The highest BCUT2D eigenvalue weighted by Gasteiger charge is 2.24. The number of rotatable bonds is 10. The largest absolute Gasteiger partial charge is 0.382 e. The van der Waals surface area contributed by atoms with Gasteiger partial charge >= 0.3 is 0 Å². The van der Waals surface area contributed by atoms with E-state index < -0.39 is 9.84 Å². The van der Waals surface area contributed by atoms with Crippen LogP contribution < -0.4 is 11.1 Å². The van der Waals surface area contributed by atoms with Gasteiger partial charge in [-0.15, -0.1) is 0 Å². The van der Waals surface area contributed by atoms with Gasteiger partial charge < -0.3 is 20.7 Å². The van der Waals surface area contributed by atoms with Gasteiger partial charge in [-0.2, -0.15) is 4.37 Å². The Balaban J connectivity index is 2.53. The van der Waals surface area contributed by atoms with Crippen molar-refractivity contribution in [1.29, 1.82) is 0 Å². The van der Waals surface area contributed by atoms with Gasteiger partial charge in [0, 0.05) is 13.1 Å². The molecule has 0 atom stereocenters. The van der Waals surface area contributed by atoms with Crippen LogP contribution in [0, 0.1) is 0 Å². The molecule has 0 saturated heterocycles. The van der Waals surface area contributed by atoms with Crippen LogP contribution in [0.5, 0.6) is 0 Å². The molecule has 9 heteroatoms. The van der Waals surface area contributed by atoms with Crippen LogP contribution in [-0.2, 0) is 14.6 Å². The summed E-state index contributed by atoms with van der Waals surface area (Å²) in [6.45, 7) is 4.33. The van der Waals surface area contributed by atoms with Crippen molar-refractivity contribution in [2.24, 2.45) is 0 Å². The minimum atomic E-state index is -3.37. The summed E-state index contributed by atoms with van der Waals surface area (Å²) >= 11 is 1.07. The number of likely N-dealkylation sites (N-methyl/N-ethyl adjacent to an activating group) is 1. The molecule has 0 radical (unpaired) electrons. The molecule has 0 aromatic carbocycles. The molecule has 1 aromatic rings. The average Bonchev–Trinajstić information content (AvgIpc) is 2.75. The molecule has 0 aliphatic carbocycles. The van der Waals surface area contributed by atoms with Crippen molar-refractivity contribution in [3.8, 4) is 0 Å². The molecule has 3 N–H and O–H groups in total. The Morgan fingerprint density at radius 1 is 1.38 bits per heavy atom. The van der Waals surface area contributed by atoms with Gasteiger partial charge in [-0.05, 0) is 32.0 Å². The van der Waals surface area contributed by atoms with Crippen molar-refractivity contribution in [3.63, 3.8) is 0 Å². The number of nitrogens with one attached hydrogen (secondary N) is 1. The highest BCUT2D eigenvalue weighted by molar-refractivity contribution is 7.91. The molecule has 0 aliphatic rings. The Hall–Kier alpha value is -0.900. The highest BCUT2D eigenvalue weighted by Crippen LogP contribution is 2.32. The third kappa shape index (κ3) is 5.77. The van der Waals surface area contributed by atoms with Crippen LogP contribution in [0.1, 0.15) is 13.3 Å². The average molecular weight is 336 g/mol. The molecule has 0 amide bonds. The number of nitrogens with two attached hydrogens (primary N) is 1. The molecule has 122 valence electrons. The van der Waals surface area contributed by atoms with Gasteiger partial charge in [-0.3, -0.25) is 0 Å². The SMILES string of the molecule is CCCS(=O)(=O)c1c(N)nsc1NCCOCCN(C)C. The summed E-state index contributed by atoms with van der Waals surface area (Å²) in [7, 11) is 0.583. The number of sulfone groups is 1. The topological polar surface area (TPSA) is 97.5 Å².